The number of thiazole rings is 1. The highest BCUT2D eigenvalue weighted by molar-refractivity contribution is 7.11. The molecule has 3 heteroatoms. The molecule has 0 radical (unpaired) electrons. The highest BCUT2D eigenvalue weighted by atomic mass is 32.1. The van der Waals surface area contributed by atoms with Crippen molar-refractivity contribution in [3.05, 3.63) is 16.1 Å². The zero-order valence-electron chi connectivity index (χ0n) is 11.3. The molecule has 0 spiro atoms. The number of hydrogen-bond acceptors (Lipinski definition) is 3. The Balaban J connectivity index is 1.54. The van der Waals surface area contributed by atoms with E-state index in [9.17, 15) is 0 Å². The third-order valence-electron chi connectivity index (χ3n) is 5.55. The van der Waals surface area contributed by atoms with Crippen LogP contribution >= 0.6 is 11.3 Å². The summed E-state index contributed by atoms with van der Waals surface area (Å²) in [6.45, 7) is 0. The van der Waals surface area contributed by atoms with E-state index in [1.807, 2.05) is 6.20 Å². The molecular weight excluding hydrogens is 252 g/mol. The summed E-state index contributed by atoms with van der Waals surface area (Å²) in [5.41, 5.74) is 0.580. The fourth-order valence-corrected chi connectivity index (χ4v) is 6.45. The van der Waals surface area contributed by atoms with Crippen LogP contribution in [-0.2, 0) is 12.8 Å². The zero-order valence-corrected chi connectivity index (χ0v) is 12.1. The smallest absolute Gasteiger partial charge is 0.0933 e. The van der Waals surface area contributed by atoms with Crippen molar-refractivity contribution in [1.82, 2.24) is 4.98 Å². The standard InChI is InChI=1S/C16H20N2S/c17-2-1-14-10-18-15(19-14)9-16-6-11-3-12(7-16)5-13(4-11)8-16/h10-13H,1,3-9H2. The molecule has 0 unspecified atom stereocenters. The molecule has 4 aliphatic rings. The molecule has 4 saturated carbocycles. The SMILES string of the molecule is N#CCc1cnc(CC23CC4CC(CC(C4)C2)C3)s1. The van der Waals surface area contributed by atoms with E-state index in [0.29, 0.717) is 11.8 Å². The van der Waals surface area contributed by atoms with E-state index in [1.165, 1.54) is 50.0 Å². The van der Waals surface area contributed by atoms with E-state index in [-0.39, 0.29) is 0 Å². The minimum atomic E-state index is 0.526. The van der Waals surface area contributed by atoms with Crippen molar-refractivity contribution in [1.29, 1.82) is 5.26 Å². The Kier molecular flexibility index (Phi) is 2.70. The molecule has 0 aromatic carbocycles. The number of nitriles is 1. The van der Waals surface area contributed by atoms with Crippen LogP contribution in [0, 0.1) is 34.5 Å². The molecular formula is C16H20N2S. The van der Waals surface area contributed by atoms with Crippen LogP contribution in [0.1, 0.15) is 48.4 Å². The van der Waals surface area contributed by atoms with Gasteiger partial charge in [0, 0.05) is 17.5 Å². The van der Waals surface area contributed by atoms with Gasteiger partial charge in [-0.1, -0.05) is 0 Å². The van der Waals surface area contributed by atoms with Gasteiger partial charge in [-0.3, -0.25) is 0 Å². The van der Waals surface area contributed by atoms with Gasteiger partial charge in [0.1, 0.15) is 0 Å². The van der Waals surface area contributed by atoms with Crippen LogP contribution in [0.25, 0.3) is 0 Å². The van der Waals surface area contributed by atoms with Gasteiger partial charge in [0.15, 0.2) is 0 Å². The van der Waals surface area contributed by atoms with E-state index in [2.05, 4.69) is 11.1 Å². The van der Waals surface area contributed by atoms with E-state index in [4.69, 9.17) is 5.26 Å². The van der Waals surface area contributed by atoms with Gasteiger partial charge in [0.25, 0.3) is 0 Å². The van der Waals surface area contributed by atoms with Crippen molar-refractivity contribution in [2.75, 3.05) is 0 Å². The van der Waals surface area contributed by atoms with Crippen LogP contribution in [0.15, 0.2) is 6.20 Å². The lowest BCUT2D eigenvalue weighted by molar-refractivity contribution is -0.0521. The molecule has 0 atom stereocenters. The van der Waals surface area contributed by atoms with Crippen molar-refractivity contribution in [3.63, 3.8) is 0 Å². The Morgan fingerprint density at radius 3 is 2.42 bits per heavy atom. The Bertz CT molecular complexity index is 490. The lowest BCUT2D eigenvalue weighted by atomic mass is 9.49. The zero-order chi connectivity index (χ0) is 12.9. The molecule has 0 amide bonds. The van der Waals surface area contributed by atoms with Crippen molar-refractivity contribution in [2.24, 2.45) is 23.2 Å². The molecule has 1 heterocycles. The molecule has 100 valence electrons. The van der Waals surface area contributed by atoms with Crippen LogP contribution in [0.2, 0.25) is 0 Å². The fraction of sp³-hybridized carbons (Fsp3) is 0.750. The van der Waals surface area contributed by atoms with Gasteiger partial charge in [-0.05, 0) is 61.7 Å². The molecule has 0 aliphatic heterocycles. The molecule has 4 bridgehead atoms. The third kappa shape index (κ3) is 2.10. The predicted octanol–water partition coefficient (Wildman–Crippen LogP) is 3.97. The number of nitrogens with zero attached hydrogens (tertiary/aromatic N) is 2. The maximum atomic E-state index is 8.76. The summed E-state index contributed by atoms with van der Waals surface area (Å²) >= 11 is 1.77. The fourth-order valence-electron chi connectivity index (χ4n) is 5.42. The highest BCUT2D eigenvalue weighted by Gasteiger charge is 2.50. The summed E-state index contributed by atoms with van der Waals surface area (Å²) in [6.07, 6.45) is 12.5. The van der Waals surface area contributed by atoms with Crippen LogP contribution in [-0.4, -0.2) is 4.98 Å². The second kappa shape index (κ2) is 4.31. The van der Waals surface area contributed by atoms with Crippen LogP contribution in [0.3, 0.4) is 0 Å². The molecule has 4 aliphatic carbocycles. The first-order valence-electron chi connectivity index (χ1n) is 7.55. The Morgan fingerprint density at radius 1 is 1.21 bits per heavy atom. The average Bonchev–Trinajstić information content (AvgIpc) is 2.74. The normalized spacial score (nSPS) is 39.4. The van der Waals surface area contributed by atoms with E-state index in [0.717, 1.165) is 22.6 Å². The molecule has 2 nitrogen and oxygen atoms in total. The van der Waals surface area contributed by atoms with Crippen LogP contribution in [0.5, 0.6) is 0 Å². The molecule has 1 aromatic rings. The summed E-state index contributed by atoms with van der Waals surface area (Å²) in [7, 11) is 0. The number of hydrogen-bond donors (Lipinski definition) is 0. The summed E-state index contributed by atoms with van der Waals surface area (Å²) < 4.78 is 0. The predicted molar refractivity (Wildman–Crippen MR) is 75.7 cm³/mol. The number of rotatable bonds is 3. The minimum Gasteiger partial charge on any atom is -0.249 e. The van der Waals surface area contributed by atoms with E-state index in [1.54, 1.807) is 11.3 Å². The van der Waals surface area contributed by atoms with Gasteiger partial charge in [-0.25, -0.2) is 4.98 Å². The van der Waals surface area contributed by atoms with Gasteiger partial charge in [-0.2, -0.15) is 5.26 Å². The van der Waals surface area contributed by atoms with Crippen molar-refractivity contribution in [3.8, 4) is 6.07 Å². The van der Waals surface area contributed by atoms with Crippen LogP contribution in [0.4, 0.5) is 0 Å². The summed E-state index contributed by atoms with van der Waals surface area (Å²) in [5, 5.41) is 10.0. The van der Waals surface area contributed by atoms with Gasteiger partial charge in [0.05, 0.1) is 17.5 Å². The lowest BCUT2D eigenvalue weighted by Crippen LogP contribution is -2.47. The largest absolute Gasteiger partial charge is 0.249 e. The van der Waals surface area contributed by atoms with Crippen molar-refractivity contribution in [2.45, 2.75) is 51.4 Å². The second-order valence-corrected chi connectivity index (χ2v) is 8.35. The third-order valence-corrected chi connectivity index (χ3v) is 6.54. The molecule has 4 fully saturated rings. The first kappa shape index (κ1) is 11.9. The van der Waals surface area contributed by atoms with E-state index >= 15 is 0 Å². The monoisotopic (exact) mass is 272 g/mol. The topological polar surface area (TPSA) is 36.7 Å². The van der Waals surface area contributed by atoms with Crippen LogP contribution < -0.4 is 0 Å². The average molecular weight is 272 g/mol. The second-order valence-electron chi connectivity index (χ2n) is 7.15. The van der Waals surface area contributed by atoms with E-state index < -0.39 is 0 Å². The highest BCUT2D eigenvalue weighted by Crippen LogP contribution is 2.61. The molecule has 5 rings (SSSR count). The summed E-state index contributed by atoms with van der Waals surface area (Å²) in [4.78, 5) is 5.72. The Hall–Kier alpha value is -0.880. The van der Waals surface area contributed by atoms with Crippen molar-refractivity contribution < 1.29 is 0 Å². The molecule has 0 N–H and O–H groups in total. The molecule has 19 heavy (non-hydrogen) atoms. The maximum absolute atomic E-state index is 8.76. The maximum Gasteiger partial charge on any atom is 0.0933 e. The van der Waals surface area contributed by atoms with Gasteiger partial charge in [-0.15, -0.1) is 11.3 Å². The Labute approximate surface area is 118 Å². The quantitative estimate of drug-likeness (QED) is 0.835. The van der Waals surface area contributed by atoms with Gasteiger partial charge < -0.3 is 0 Å². The Morgan fingerprint density at radius 2 is 1.84 bits per heavy atom. The lowest BCUT2D eigenvalue weighted by Gasteiger charge is -2.56. The molecule has 0 saturated heterocycles. The summed E-state index contributed by atoms with van der Waals surface area (Å²) in [5.74, 6) is 3.05. The van der Waals surface area contributed by atoms with Crippen molar-refractivity contribution >= 4 is 11.3 Å². The van der Waals surface area contributed by atoms with Gasteiger partial charge in [0.2, 0.25) is 0 Å². The molecule has 1 aromatic heterocycles. The number of aromatic nitrogens is 1. The first-order valence-corrected chi connectivity index (χ1v) is 8.37. The minimum absolute atomic E-state index is 0.526. The summed E-state index contributed by atoms with van der Waals surface area (Å²) in [6, 6.07) is 2.23. The first-order chi connectivity index (χ1) is 9.25. The van der Waals surface area contributed by atoms with Gasteiger partial charge >= 0.3 is 0 Å².